The van der Waals surface area contributed by atoms with Gasteiger partial charge in [0, 0.05) is 25.0 Å². The molecule has 2 aromatic rings. The molecule has 8 heteroatoms. The molecule has 2 heterocycles. The third-order valence-corrected chi connectivity index (χ3v) is 2.65. The summed E-state index contributed by atoms with van der Waals surface area (Å²) in [5, 5.41) is 19.4. The number of nitriles is 1. The normalized spacial score (nSPS) is 10.2. The van der Waals surface area contributed by atoms with E-state index in [0.717, 1.165) is 0 Å². The Morgan fingerprint density at radius 3 is 2.95 bits per heavy atom. The van der Waals surface area contributed by atoms with Crippen LogP contribution in [0.2, 0.25) is 5.02 Å². The van der Waals surface area contributed by atoms with Gasteiger partial charge in [-0.2, -0.15) is 15.5 Å². The van der Waals surface area contributed by atoms with Crippen molar-refractivity contribution >= 4 is 23.3 Å². The maximum absolute atomic E-state index is 11.9. The molecule has 0 fully saturated rings. The summed E-state index contributed by atoms with van der Waals surface area (Å²) < 4.78 is 2.99. The van der Waals surface area contributed by atoms with E-state index < -0.39 is 5.91 Å². The van der Waals surface area contributed by atoms with Crippen LogP contribution < -0.4 is 5.32 Å². The Kier molecular flexibility index (Phi) is 3.82. The summed E-state index contributed by atoms with van der Waals surface area (Å²) in [6, 6.07) is 3.55. The topological polar surface area (TPSA) is 88.5 Å². The van der Waals surface area contributed by atoms with Gasteiger partial charge in [-0.25, -0.2) is 0 Å². The molecule has 0 saturated carbocycles. The lowest BCUT2D eigenvalue weighted by molar-refractivity contribution is 0.102. The average Bonchev–Trinajstić information content (AvgIpc) is 2.96. The molecule has 0 saturated heterocycles. The van der Waals surface area contributed by atoms with E-state index in [2.05, 4.69) is 15.5 Å². The van der Waals surface area contributed by atoms with Gasteiger partial charge < -0.3 is 5.32 Å². The van der Waals surface area contributed by atoms with Crippen LogP contribution in [0.4, 0.5) is 5.82 Å². The number of carbonyl (C=O) groups is 1. The van der Waals surface area contributed by atoms with Crippen molar-refractivity contribution in [3.63, 3.8) is 0 Å². The fraction of sp³-hybridized carbons (Fsp3) is 0.273. The molecular formula is C11H11ClN6O. The summed E-state index contributed by atoms with van der Waals surface area (Å²) >= 11 is 5.93. The Balaban J connectivity index is 2.11. The van der Waals surface area contributed by atoms with Gasteiger partial charge in [0.1, 0.15) is 6.54 Å². The van der Waals surface area contributed by atoms with Crippen molar-refractivity contribution < 1.29 is 4.79 Å². The number of aryl methyl sites for hydroxylation is 1. The summed E-state index contributed by atoms with van der Waals surface area (Å²) in [4.78, 5) is 11.9. The van der Waals surface area contributed by atoms with E-state index in [9.17, 15) is 4.79 Å². The van der Waals surface area contributed by atoms with Gasteiger partial charge in [0.05, 0.1) is 11.1 Å². The SMILES string of the molecule is CCn1cc(Cl)c(C(=O)Nc2ccn(CC#N)n2)n1. The predicted molar refractivity (Wildman–Crippen MR) is 68.7 cm³/mol. The molecule has 0 aliphatic rings. The molecule has 0 aliphatic carbocycles. The number of aromatic nitrogens is 4. The molecule has 0 atom stereocenters. The first-order valence-corrected chi connectivity index (χ1v) is 5.96. The summed E-state index contributed by atoms with van der Waals surface area (Å²) in [5.74, 6) is -0.0817. The molecule has 7 nitrogen and oxygen atoms in total. The second-order valence-electron chi connectivity index (χ2n) is 3.69. The zero-order chi connectivity index (χ0) is 13.8. The Morgan fingerprint density at radius 1 is 1.53 bits per heavy atom. The second-order valence-corrected chi connectivity index (χ2v) is 4.10. The van der Waals surface area contributed by atoms with Gasteiger partial charge in [-0.05, 0) is 6.92 Å². The van der Waals surface area contributed by atoms with Crippen LogP contribution in [-0.2, 0) is 13.1 Å². The molecule has 0 bridgehead atoms. The standard InChI is InChI=1S/C11H11ClN6O/c1-2-17-7-8(12)10(16-17)11(19)14-9-3-5-18(15-9)6-4-13/h3,5,7H,2,6H2,1H3,(H,14,15,19). The van der Waals surface area contributed by atoms with Crippen LogP contribution >= 0.6 is 11.6 Å². The molecule has 1 amide bonds. The maximum Gasteiger partial charge on any atom is 0.278 e. The Labute approximate surface area is 114 Å². The maximum atomic E-state index is 11.9. The lowest BCUT2D eigenvalue weighted by Crippen LogP contribution is -2.14. The molecular weight excluding hydrogens is 268 g/mol. The molecule has 1 N–H and O–H groups in total. The molecule has 0 unspecified atom stereocenters. The third kappa shape index (κ3) is 2.92. The minimum absolute atomic E-state index is 0.126. The number of amides is 1. The van der Waals surface area contributed by atoms with E-state index in [1.165, 1.54) is 4.68 Å². The molecule has 0 aliphatic heterocycles. The number of nitrogens with zero attached hydrogens (tertiary/aromatic N) is 5. The molecule has 0 spiro atoms. The lowest BCUT2D eigenvalue weighted by Gasteiger charge is -1.99. The first-order valence-electron chi connectivity index (χ1n) is 5.58. The van der Waals surface area contributed by atoms with Gasteiger partial charge in [0.2, 0.25) is 0 Å². The van der Waals surface area contributed by atoms with Gasteiger partial charge >= 0.3 is 0 Å². The summed E-state index contributed by atoms with van der Waals surface area (Å²) in [5.41, 5.74) is 0.151. The summed E-state index contributed by atoms with van der Waals surface area (Å²) in [7, 11) is 0. The van der Waals surface area contributed by atoms with Gasteiger partial charge in [0.15, 0.2) is 11.5 Å². The zero-order valence-corrected chi connectivity index (χ0v) is 10.9. The van der Waals surface area contributed by atoms with Crippen LogP contribution in [0, 0.1) is 11.3 Å². The second kappa shape index (κ2) is 5.54. The van der Waals surface area contributed by atoms with E-state index in [4.69, 9.17) is 16.9 Å². The van der Waals surface area contributed by atoms with Crippen LogP contribution in [-0.4, -0.2) is 25.5 Å². The van der Waals surface area contributed by atoms with Crippen LogP contribution in [0.1, 0.15) is 17.4 Å². The highest BCUT2D eigenvalue weighted by atomic mass is 35.5. The minimum atomic E-state index is -0.431. The molecule has 98 valence electrons. The molecule has 2 rings (SSSR count). The number of nitrogens with one attached hydrogen (secondary N) is 1. The lowest BCUT2D eigenvalue weighted by atomic mass is 10.4. The highest BCUT2D eigenvalue weighted by Gasteiger charge is 2.16. The number of anilines is 1. The number of halogens is 1. The van der Waals surface area contributed by atoms with Crippen molar-refractivity contribution in [3.8, 4) is 6.07 Å². The Hall–Kier alpha value is -2.33. The predicted octanol–water partition coefficient (Wildman–Crippen LogP) is 1.53. The van der Waals surface area contributed by atoms with Crippen LogP contribution in [0.15, 0.2) is 18.5 Å². The van der Waals surface area contributed by atoms with Crippen molar-refractivity contribution in [3.05, 3.63) is 29.2 Å². The molecule has 0 radical (unpaired) electrons. The van der Waals surface area contributed by atoms with Crippen LogP contribution in [0.3, 0.4) is 0 Å². The van der Waals surface area contributed by atoms with Crippen LogP contribution in [0.5, 0.6) is 0 Å². The molecule has 0 aromatic carbocycles. The highest BCUT2D eigenvalue weighted by molar-refractivity contribution is 6.34. The van der Waals surface area contributed by atoms with Crippen molar-refractivity contribution in [2.24, 2.45) is 0 Å². The van der Waals surface area contributed by atoms with Crippen molar-refractivity contribution in [1.29, 1.82) is 5.26 Å². The van der Waals surface area contributed by atoms with Crippen molar-refractivity contribution in [2.75, 3.05) is 5.32 Å². The third-order valence-electron chi connectivity index (χ3n) is 2.37. The monoisotopic (exact) mass is 278 g/mol. The molecule has 19 heavy (non-hydrogen) atoms. The highest BCUT2D eigenvalue weighted by Crippen LogP contribution is 2.15. The fourth-order valence-electron chi connectivity index (χ4n) is 1.48. The van der Waals surface area contributed by atoms with Gasteiger partial charge in [-0.1, -0.05) is 11.6 Å². The van der Waals surface area contributed by atoms with E-state index in [0.29, 0.717) is 12.4 Å². The van der Waals surface area contributed by atoms with Gasteiger partial charge in [0.25, 0.3) is 5.91 Å². The summed E-state index contributed by atoms with van der Waals surface area (Å²) in [6.45, 7) is 2.65. The summed E-state index contributed by atoms with van der Waals surface area (Å²) in [6.07, 6.45) is 3.19. The Bertz CT molecular complexity index is 638. The number of hydrogen-bond donors (Lipinski definition) is 1. The number of carbonyl (C=O) groups excluding carboxylic acids is 1. The number of rotatable bonds is 4. The minimum Gasteiger partial charge on any atom is -0.304 e. The van der Waals surface area contributed by atoms with E-state index in [1.807, 2.05) is 13.0 Å². The molecule has 2 aromatic heterocycles. The van der Waals surface area contributed by atoms with Crippen molar-refractivity contribution in [1.82, 2.24) is 19.6 Å². The quantitative estimate of drug-likeness (QED) is 0.918. The van der Waals surface area contributed by atoms with Crippen LogP contribution in [0.25, 0.3) is 0 Å². The first-order chi connectivity index (χ1) is 9.13. The van der Waals surface area contributed by atoms with Gasteiger partial charge in [-0.3, -0.25) is 14.2 Å². The van der Waals surface area contributed by atoms with E-state index in [-0.39, 0.29) is 17.3 Å². The smallest absolute Gasteiger partial charge is 0.278 e. The largest absolute Gasteiger partial charge is 0.304 e. The number of hydrogen-bond acceptors (Lipinski definition) is 4. The first kappa shape index (κ1) is 13.1. The van der Waals surface area contributed by atoms with E-state index >= 15 is 0 Å². The average molecular weight is 279 g/mol. The zero-order valence-electron chi connectivity index (χ0n) is 10.2. The van der Waals surface area contributed by atoms with Gasteiger partial charge in [-0.15, -0.1) is 0 Å². The fourth-order valence-corrected chi connectivity index (χ4v) is 1.71. The Morgan fingerprint density at radius 2 is 2.32 bits per heavy atom. The van der Waals surface area contributed by atoms with E-state index in [1.54, 1.807) is 23.1 Å². The van der Waals surface area contributed by atoms with Crippen molar-refractivity contribution in [2.45, 2.75) is 20.0 Å².